The lowest BCUT2D eigenvalue weighted by Gasteiger charge is -2.29. The molecule has 0 bridgehead atoms. The molecule has 1 atom stereocenters. The smallest absolute Gasteiger partial charge is 0.329 e. The van der Waals surface area contributed by atoms with Crippen molar-refractivity contribution >= 4 is 12.0 Å². The molecule has 1 N–H and O–H groups in total. The summed E-state index contributed by atoms with van der Waals surface area (Å²) in [6, 6.07) is 8.78. The fourth-order valence-corrected chi connectivity index (χ4v) is 3.85. The van der Waals surface area contributed by atoms with Crippen LogP contribution in [0.15, 0.2) is 39.5 Å². The highest BCUT2D eigenvalue weighted by molar-refractivity contribution is 5.78. The Labute approximate surface area is 194 Å². The minimum absolute atomic E-state index is 0.220. The molecule has 0 spiro atoms. The second kappa shape index (κ2) is 9.60. The number of ether oxygens (including phenoxy) is 1. The first-order valence-electron chi connectivity index (χ1n) is 11.1. The van der Waals surface area contributed by atoms with Crippen LogP contribution in [0.25, 0.3) is 22.7 Å². The van der Waals surface area contributed by atoms with Crippen molar-refractivity contribution in [2.45, 2.75) is 54.0 Å². The number of nitrogens with zero attached hydrogens (tertiary/aromatic N) is 3. The minimum atomic E-state index is -0.781. The lowest BCUT2D eigenvalue weighted by Crippen LogP contribution is -2.35. The number of anilines is 1. The van der Waals surface area contributed by atoms with Gasteiger partial charge in [-0.05, 0) is 43.7 Å². The van der Waals surface area contributed by atoms with Gasteiger partial charge in [0.15, 0.2) is 0 Å². The van der Waals surface area contributed by atoms with Crippen LogP contribution in [0, 0.1) is 19.3 Å². The molecule has 8 nitrogen and oxygen atoms in total. The van der Waals surface area contributed by atoms with E-state index in [0.717, 1.165) is 16.7 Å². The topological polar surface area (TPSA) is 99.2 Å². The molecule has 0 aliphatic carbocycles. The number of carbonyl (C=O) groups excluding carboxylic acids is 1. The quantitative estimate of drug-likeness (QED) is 0.516. The van der Waals surface area contributed by atoms with Gasteiger partial charge in [-0.2, -0.15) is 0 Å². The molecule has 1 aromatic carbocycles. The zero-order chi connectivity index (χ0) is 24.3. The van der Waals surface area contributed by atoms with Gasteiger partial charge in [-0.3, -0.25) is 9.36 Å². The Morgan fingerprint density at radius 1 is 1.18 bits per heavy atom. The van der Waals surface area contributed by atoms with Crippen molar-refractivity contribution < 1.29 is 13.9 Å². The highest BCUT2D eigenvalue weighted by atomic mass is 16.5. The summed E-state index contributed by atoms with van der Waals surface area (Å²) in [4.78, 5) is 26.7. The van der Waals surface area contributed by atoms with E-state index in [1.165, 1.54) is 6.07 Å². The Morgan fingerprint density at radius 3 is 2.39 bits per heavy atom. The zero-order valence-electron chi connectivity index (χ0n) is 20.4. The van der Waals surface area contributed by atoms with Gasteiger partial charge in [-0.25, -0.2) is 4.79 Å². The first-order chi connectivity index (χ1) is 15.6. The number of hydrogen-bond acceptors (Lipinski definition) is 7. The van der Waals surface area contributed by atoms with Crippen molar-refractivity contribution in [3.05, 3.63) is 51.8 Å². The average molecular weight is 453 g/mol. The van der Waals surface area contributed by atoms with Crippen LogP contribution in [-0.2, 0) is 9.53 Å². The molecule has 0 fully saturated rings. The van der Waals surface area contributed by atoms with Gasteiger partial charge in [0, 0.05) is 18.7 Å². The van der Waals surface area contributed by atoms with Gasteiger partial charge in [-0.15, -0.1) is 5.10 Å². The lowest BCUT2D eigenvalue weighted by atomic mass is 9.87. The molecular weight excluding hydrogens is 420 g/mol. The Kier molecular flexibility index (Phi) is 7.05. The fourth-order valence-electron chi connectivity index (χ4n) is 3.85. The van der Waals surface area contributed by atoms with Crippen molar-refractivity contribution in [2.24, 2.45) is 5.41 Å². The third-order valence-corrected chi connectivity index (χ3v) is 5.38. The normalized spacial score (nSPS) is 12.5. The number of pyridine rings is 1. The number of esters is 1. The van der Waals surface area contributed by atoms with Gasteiger partial charge in [0.25, 0.3) is 5.56 Å². The number of hydrogen-bond donors (Lipinski definition) is 1. The SMILES string of the molecule is CCOC(=O)C(CC(C)(C)C)n1c(-c2ccc(C)cc2)c(C)c(-c2nnc(NC)o2)cc1=O. The zero-order valence-corrected chi connectivity index (χ0v) is 20.4. The van der Waals surface area contributed by atoms with E-state index in [4.69, 9.17) is 9.15 Å². The first kappa shape index (κ1) is 24.2. The van der Waals surface area contributed by atoms with E-state index in [1.54, 1.807) is 18.5 Å². The number of carbonyl (C=O) groups is 1. The summed E-state index contributed by atoms with van der Waals surface area (Å²) >= 11 is 0. The molecule has 0 aliphatic rings. The molecule has 2 heterocycles. The van der Waals surface area contributed by atoms with E-state index >= 15 is 0 Å². The van der Waals surface area contributed by atoms with Crippen LogP contribution >= 0.6 is 0 Å². The van der Waals surface area contributed by atoms with Gasteiger partial charge in [0.05, 0.1) is 12.3 Å². The molecule has 3 aromatic rings. The highest BCUT2D eigenvalue weighted by Gasteiger charge is 2.32. The Hall–Kier alpha value is -3.42. The van der Waals surface area contributed by atoms with Gasteiger partial charge in [0.2, 0.25) is 5.89 Å². The molecule has 1 unspecified atom stereocenters. The van der Waals surface area contributed by atoms with E-state index < -0.39 is 12.0 Å². The molecule has 33 heavy (non-hydrogen) atoms. The highest BCUT2D eigenvalue weighted by Crippen LogP contribution is 2.36. The van der Waals surface area contributed by atoms with Crippen molar-refractivity contribution in [3.8, 4) is 22.7 Å². The maximum atomic E-state index is 13.6. The van der Waals surface area contributed by atoms with Crippen LogP contribution in [0.3, 0.4) is 0 Å². The van der Waals surface area contributed by atoms with E-state index in [-0.39, 0.29) is 29.5 Å². The molecule has 2 aromatic heterocycles. The summed E-state index contributed by atoms with van der Waals surface area (Å²) < 4.78 is 12.6. The van der Waals surface area contributed by atoms with Crippen LogP contribution in [-0.4, -0.2) is 34.4 Å². The molecule has 176 valence electrons. The number of rotatable bonds is 7. The van der Waals surface area contributed by atoms with Crippen LogP contribution in [0.2, 0.25) is 0 Å². The Balaban J connectivity index is 2.34. The molecule has 8 heteroatoms. The standard InChI is InChI=1S/C25H32N4O4/c1-8-32-23(31)19(14-25(4,5)6)29-20(30)13-18(22-27-28-24(26-7)33-22)16(3)21(29)17-11-9-15(2)10-12-17/h9-13,19H,8,14H2,1-7H3,(H,26,28). The summed E-state index contributed by atoms with van der Waals surface area (Å²) in [6.07, 6.45) is 0.438. The third-order valence-electron chi connectivity index (χ3n) is 5.38. The Morgan fingerprint density at radius 2 is 1.85 bits per heavy atom. The molecule has 3 rings (SSSR count). The summed E-state index contributed by atoms with van der Waals surface area (Å²) in [5, 5.41) is 10.8. The van der Waals surface area contributed by atoms with Gasteiger partial charge in [-0.1, -0.05) is 55.7 Å². The maximum absolute atomic E-state index is 13.6. The fraction of sp³-hybridized carbons (Fsp3) is 0.440. The molecule has 0 radical (unpaired) electrons. The number of aromatic nitrogens is 3. The monoisotopic (exact) mass is 452 g/mol. The summed E-state index contributed by atoms with van der Waals surface area (Å²) in [5.41, 5.74) is 3.26. The van der Waals surface area contributed by atoms with E-state index in [0.29, 0.717) is 17.7 Å². The minimum Gasteiger partial charge on any atom is -0.464 e. The number of aryl methyl sites for hydroxylation is 1. The van der Waals surface area contributed by atoms with E-state index in [1.807, 2.05) is 58.9 Å². The van der Waals surface area contributed by atoms with E-state index in [2.05, 4.69) is 15.5 Å². The van der Waals surface area contributed by atoms with Crippen molar-refractivity contribution in [1.82, 2.24) is 14.8 Å². The van der Waals surface area contributed by atoms with E-state index in [9.17, 15) is 9.59 Å². The second-order valence-corrected chi connectivity index (χ2v) is 9.30. The largest absolute Gasteiger partial charge is 0.464 e. The lowest BCUT2D eigenvalue weighted by molar-refractivity contribution is -0.148. The summed E-state index contributed by atoms with van der Waals surface area (Å²) in [5.74, 6) is -0.191. The second-order valence-electron chi connectivity index (χ2n) is 9.30. The predicted octanol–water partition coefficient (Wildman–Crippen LogP) is 4.76. The molecule has 0 saturated heterocycles. The van der Waals surface area contributed by atoms with Crippen LogP contribution < -0.4 is 10.9 Å². The van der Waals surface area contributed by atoms with Crippen LogP contribution in [0.4, 0.5) is 6.01 Å². The first-order valence-corrected chi connectivity index (χ1v) is 11.1. The van der Waals surface area contributed by atoms with Crippen molar-refractivity contribution in [1.29, 1.82) is 0 Å². The van der Waals surface area contributed by atoms with Gasteiger partial charge < -0.3 is 14.5 Å². The van der Waals surface area contributed by atoms with Gasteiger partial charge in [0.1, 0.15) is 6.04 Å². The molecule has 0 saturated carbocycles. The number of nitrogens with one attached hydrogen (secondary N) is 1. The van der Waals surface area contributed by atoms with Crippen molar-refractivity contribution in [2.75, 3.05) is 19.0 Å². The van der Waals surface area contributed by atoms with Crippen LogP contribution in [0.5, 0.6) is 0 Å². The van der Waals surface area contributed by atoms with Gasteiger partial charge >= 0.3 is 12.0 Å². The Bertz CT molecular complexity index is 1190. The van der Waals surface area contributed by atoms with Crippen molar-refractivity contribution in [3.63, 3.8) is 0 Å². The third kappa shape index (κ3) is 5.32. The molecule has 0 aliphatic heterocycles. The van der Waals surface area contributed by atoms with Crippen LogP contribution in [0.1, 0.15) is 51.3 Å². The molecule has 0 amide bonds. The average Bonchev–Trinajstić information content (AvgIpc) is 3.23. The predicted molar refractivity (Wildman–Crippen MR) is 128 cm³/mol. The maximum Gasteiger partial charge on any atom is 0.329 e. The molecular formula is C25H32N4O4. The summed E-state index contributed by atoms with van der Waals surface area (Å²) in [7, 11) is 1.68. The number of benzene rings is 1. The summed E-state index contributed by atoms with van der Waals surface area (Å²) in [6.45, 7) is 12.0.